The highest BCUT2D eigenvalue weighted by molar-refractivity contribution is 7.17. The number of halogens is 1. The van der Waals surface area contributed by atoms with Crippen LogP contribution >= 0.6 is 22.9 Å². The minimum absolute atomic E-state index is 0.0376. The molecule has 0 radical (unpaired) electrons. The van der Waals surface area contributed by atoms with E-state index in [1.54, 1.807) is 11.6 Å². The summed E-state index contributed by atoms with van der Waals surface area (Å²) in [6, 6.07) is 3.58. The average molecular weight is 200 g/mol. The van der Waals surface area contributed by atoms with Gasteiger partial charge in [-0.2, -0.15) is 0 Å². The van der Waals surface area contributed by atoms with Crippen molar-refractivity contribution in [1.82, 2.24) is 4.98 Å². The Hall–Kier alpha value is -0.640. The first kappa shape index (κ1) is 7.98. The summed E-state index contributed by atoms with van der Waals surface area (Å²) in [6.45, 7) is 0.0376. The molecule has 0 aliphatic heterocycles. The van der Waals surface area contributed by atoms with Crippen molar-refractivity contribution in [3.63, 3.8) is 0 Å². The maximum absolute atomic E-state index is 8.98. The highest BCUT2D eigenvalue weighted by atomic mass is 35.5. The van der Waals surface area contributed by atoms with Crippen LogP contribution in [-0.4, -0.2) is 10.1 Å². The van der Waals surface area contributed by atoms with Crippen LogP contribution in [0.1, 0.15) is 5.56 Å². The molecule has 12 heavy (non-hydrogen) atoms. The molecule has 62 valence electrons. The van der Waals surface area contributed by atoms with E-state index in [4.69, 9.17) is 16.7 Å². The van der Waals surface area contributed by atoms with Gasteiger partial charge in [0.2, 0.25) is 0 Å². The van der Waals surface area contributed by atoms with Crippen LogP contribution in [0.5, 0.6) is 0 Å². The molecular formula is C8H6ClNOS. The standard InChI is InChI=1S/C8H6ClNOS/c9-6-2-1-5(3-11)8-7(6)10-4-12-8/h1-2,4,11H,3H2. The Morgan fingerprint density at radius 3 is 3.08 bits per heavy atom. The van der Waals surface area contributed by atoms with Gasteiger partial charge in [-0.3, -0.25) is 0 Å². The molecule has 0 spiro atoms. The van der Waals surface area contributed by atoms with Gasteiger partial charge in [0.15, 0.2) is 0 Å². The van der Waals surface area contributed by atoms with Crippen LogP contribution in [0.25, 0.3) is 10.2 Å². The number of hydrogen-bond acceptors (Lipinski definition) is 3. The second-order valence-electron chi connectivity index (χ2n) is 2.39. The molecule has 2 rings (SSSR count). The van der Waals surface area contributed by atoms with Crippen molar-refractivity contribution in [3.05, 3.63) is 28.2 Å². The fourth-order valence-electron chi connectivity index (χ4n) is 1.10. The van der Waals surface area contributed by atoms with Crippen LogP contribution in [-0.2, 0) is 6.61 Å². The zero-order chi connectivity index (χ0) is 8.55. The molecule has 0 saturated carbocycles. The van der Waals surface area contributed by atoms with Crippen LogP contribution in [0.4, 0.5) is 0 Å². The molecule has 0 unspecified atom stereocenters. The van der Waals surface area contributed by atoms with Gasteiger partial charge in [-0.1, -0.05) is 17.7 Å². The average Bonchev–Trinajstić information content (AvgIpc) is 2.54. The summed E-state index contributed by atoms with van der Waals surface area (Å²) in [4.78, 5) is 4.10. The molecule has 2 aromatic rings. The summed E-state index contributed by atoms with van der Waals surface area (Å²) < 4.78 is 0.977. The lowest BCUT2D eigenvalue weighted by atomic mass is 10.2. The normalized spacial score (nSPS) is 10.8. The van der Waals surface area contributed by atoms with Crippen LogP contribution in [0.15, 0.2) is 17.6 Å². The third-order valence-electron chi connectivity index (χ3n) is 1.69. The van der Waals surface area contributed by atoms with Crippen molar-refractivity contribution in [2.75, 3.05) is 0 Å². The van der Waals surface area contributed by atoms with Gasteiger partial charge >= 0.3 is 0 Å². The SMILES string of the molecule is OCc1ccc(Cl)c2ncsc12. The minimum atomic E-state index is 0.0376. The number of fused-ring (bicyclic) bond motifs is 1. The maximum Gasteiger partial charge on any atom is 0.100 e. The molecule has 0 amide bonds. The van der Waals surface area contributed by atoms with Gasteiger partial charge in [0.25, 0.3) is 0 Å². The lowest BCUT2D eigenvalue weighted by Gasteiger charge is -1.97. The fourth-order valence-corrected chi connectivity index (χ4v) is 2.18. The number of aromatic nitrogens is 1. The summed E-state index contributed by atoms with van der Waals surface area (Å²) in [5.41, 5.74) is 3.40. The van der Waals surface area contributed by atoms with Gasteiger partial charge in [0, 0.05) is 0 Å². The molecule has 0 fully saturated rings. The molecule has 0 atom stereocenters. The molecule has 1 aromatic heterocycles. The van der Waals surface area contributed by atoms with Crippen molar-refractivity contribution >= 4 is 33.2 Å². The first-order valence-electron chi connectivity index (χ1n) is 3.44. The van der Waals surface area contributed by atoms with Gasteiger partial charge in [0.05, 0.1) is 21.8 Å². The minimum Gasteiger partial charge on any atom is -0.392 e. The molecule has 4 heteroatoms. The van der Waals surface area contributed by atoms with Crippen LogP contribution in [0.3, 0.4) is 0 Å². The molecule has 1 aromatic carbocycles. The second-order valence-corrected chi connectivity index (χ2v) is 3.66. The molecule has 2 nitrogen and oxygen atoms in total. The lowest BCUT2D eigenvalue weighted by Crippen LogP contribution is -1.82. The van der Waals surface area contributed by atoms with E-state index < -0.39 is 0 Å². The van der Waals surface area contributed by atoms with Gasteiger partial charge < -0.3 is 5.11 Å². The molecule has 1 heterocycles. The van der Waals surface area contributed by atoms with E-state index in [9.17, 15) is 0 Å². The van der Waals surface area contributed by atoms with Crippen molar-refractivity contribution in [2.45, 2.75) is 6.61 Å². The van der Waals surface area contributed by atoms with E-state index in [1.165, 1.54) is 11.3 Å². The van der Waals surface area contributed by atoms with Crippen LogP contribution in [0, 0.1) is 0 Å². The van der Waals surface area contributed by atoms with Crippen LogP contribution in [0.2, 0.25) is 5.02 Å². The van der Waals surface area contributed by atoms with E-state index in [-0.39, 0.29) is 6.61 Å². The predicted octanol–water partition coefficient (Wildman–Crippen LogP) is 2.44. The first-order valence-corrected chi connectivity index (χ1v) is 4.70. The Bertz CT molecular complexity index is 412. The quantitative estimate of drug-likeness (QED) is 0.766. The van der Waals surface area contributed by atoms with Crippen LogP contribution < -0.4 is 0 Å². The van der Waals surface area contributed by atoms with Crippen molar-refractivity contribution in [3.8, 4) is 0 Å². The number of nitrogens with zero attached hydrogens (tertiary/aromatic N) is 1. The molecule has 0 aliphatic carbocycles. The Kier molecular flexibility index (Phi) is 2.00. The molecule has 0 aliphatic rings. The summed E-state index contributed by atoms with van der Waals surface area (Å²) in [7, 11) is 0. The highest BCUT2D eigenvalue weighted by Gasteiger charge is 2.05. The van der Waals surface area contributed by atoms with Crippen molar-refractivity contribution in [2.24, 2.45) is 0 Å². The number of thiazole rings is 1. The third-order valence-corrected chi connectivity index (χ3v) is 2.89. The molecule has 1 N–H and O–H groups in total. The van der Waals surface area contributed by atoms with E-state index in [0.717, 1.165) is 15.8 Å². The summed E-state index contributed by atoms with van der Waals surface area (Å²) in [6.07, 6.45) is 0. The molecular weight excluding hydrogens is 194 g/mol. The van der Waals surface area contributed by atoms with E-state index >= 15 is 0 Å². The number of rotatable bonds is 1. The topological polar surface area (TPSA) is 33.1 Å². The predicted molar refractivity (Wildman–Crippen MR) is 50.6 cm³/mol. The largest absolute Gasteiger partial charge is 0.392 e. The van der Waals surface area contributed by atoms with E-state index in [0.29, 0.717) is 5.02 Å². The Morgan fingerprint density at radius 1 is 1.50 bits per heavy atom. The van der Waals surface area contributed by atoms with Crippen molar-refractivity contribution in [1.29, 1.82) is 0 Å². The van der Waals surface area contributed by atoms with Gasteiger partial charge in [-0.25, -0.2) is 4.98 Å². The third kappa shape index (κ3) is 1.10. The zero-order valence-corrected chi connectivity index (χ0v) is 7.69. The fraction of sp³-hybridized carbons (Fsp3) is 0.125. The van der Waals surface area contributed by atoms with Gasteiger partial charge in [0.1, 0.15) is 5.52 Å². The number of benzene rings is 1. The molecule has 0 saturated heterocycles. The highest BCUT2D eigenvalue weighted by Crippen LogP contribution is 2.28. The number of aliphatic hydroxyl groups excluding tert-OH is 1. The second kappa shape index (κ2) is 3.01. The Balaban J connectivity index is 2.82. The summed E-state index contributed by atoms with van der Waals surface area (Å²) in [5, 5.41) is 9.62. The summed E-state index contributed by atoms with van der Waals surface area (Å²) in [5.74, 6) is 0. The number of aliphatic hydroxyl groups is 1. The van der Waals surface area contributed by atoms with Crippen molar-refractivity contribution < 1.29 is 5.11 Å². The monoisotopic (exact) mass is 199 g/mol. The lowest BCUT2D eigenvalue weighted by molar-refractivity contribution is 0.283. The smallest absolute Gasteiger partial charge is 0.100 e. The molecule has 0 bridgehead atoms. The van der Waals surface area contributed by atoms with E-state index in [1.807, 2.05) is 6.07 Å². The maximum atomic E-state index is 8.98. The van der Waals surface area contributed by atoms with Gasteiger partial charge in [-0.05, 0) is 11.6 Å². The van der Waals surface area contributed by atoms with Gasteiger partial charge in [-0.15, -0.1) is 11.3 Å². The number of hydrogen-bond donors (Lipinski definition) is 1. The Morgan fingerprint density at radius 2 is 2.33 bits per heavy atom. The summed E-state index contributed by atoms with van der Waals surface area (Å²) >= 11 is 7.39. The van der Waals surface area contributed by atoms with E-state index in [2.05, 4.69) is 4.98 Å². The Labute approximate surface area is 78.4 Å². The zero-order valence-electron chi connectivity index (χ0n) is 6.12. The first-order chi connectivity index (χ1) is 5.83.